The zero-order valence-electron chi connectivity index (χ0n) is 11.3. The van der Waals surface area contributed by atoms with Gasteiger partial charge in [-0.25, -0.2) is 0 Å². The molecule has 19 heavy (non-hydrogen) atoms. The second-order valence-electron chi connectivity index (χ2n) is 3.67. The van der Waals surface area contributed by atoms with Crippen molar-refractivity contribution >= 4 is 30.1 Å². The first-order valence-corrected chi connectivity index (χ1v) is 6.99. The molecule has 1 amide bonds. The highest BCUT2D eigenvalue weighted by atomic mass is 35.5. The Kier molecular flexibility index (Phi) is 10.4. The molecule has 0 aromatic heterocycles. The maximum absolute atomic E-state index is 11.5. The van der Waals surface area contributed by atoms with Crippen LogP contribution in [0.4, 0.5) is 0 Å². The van der Waals surface area contributed by atoms with Crippen molar-refractivity contribution in [3.8, 4) is 5.75 Å². The minimum atomic E-state index is 0. The molecular formula is C13H21ClN2O2S. The summed E-state index contributed by atoms with van der Waals surface area (Å²) in [6, 6.07) is 7.71. The SMILES string of the molecule is CCNCCNC(=O)CSc1cccc(OC)c1.Cl. The van der Waals surface area contributed by atoms with Crippen molar-refractivity contribution < 1.29 is 9.53 Å². The fraction of sp³-hybridized carbons (Fsp3) is 0.462. The van der Waals surface area contributed by atoms with Crippen molar-refractivity contribution in [2.75, 3.05) is 32.5 Å². The van der Waals surface area contributed by atoms with Gasteiger partial charge in [-0.3, -0.25) is 4.79 Å². The average molecular weight is 305 g/mol. The summed E-state index contributed by atoms with van der Waals surface area (Å²) in [4.78, 5) is 12.6. The predicted octanol–water partition coefficient (Wildman–Crippen LogP) is 1.93. The molecule has 0 aliphatic heterocycles. The Bertz CT molecular complexity index is 377. The van der Waals surface area contributed by atoms with Crippen LogP contribution in [-0.2, 0) is 4.79 Å². The first-order chi connectivity index (χ1) is 8.76. The molecule has 1 rings (SSSR count). The molecule has 0 fully saturated rings. The number of carbonyl (C=O) groups is 1. The number of carbonyl (C=O) groups excluding carboxylic acids is 1. The molecule has 0 saturated heterocycles. The molecule has 0 bridgehead atoms. The minimum absolute atomic E-state index is 0. The van der Waals surface area contributed by atoms with Gasteiger partial charge in [0.25, 0.3) is 0 Å². The largest absolute Gasteiger partial charge is 0.497 e. The number of thioether (sulfide) groups is 1. The van der Waals surface area contributed by atoms with Crippen LogP contribution in [0.15, 0.2) is 29.2 Å². The molecule has 0 aliphatic rings. The third-order valence-corrected chi connectivity index (χ3v) is 3.28. The zero-order valence-corrected chi connectivity index (χ0v) is 12.9. The van der Waals surface area contributed by atoms with Crippen LogP contribution >= 0.6 is 24.2 Å². The fourth-order valence-corrected chi connectivity index (χ4v) is 2.13. The number of hydrogen-bond donors (Lipinski definition) is 2. The Morgan fingerprint density at radius 2 is 2.16 bits per heavy atom. The van der Waals surface area contributed by atoms with Crippen LogP contribution in [0.1, 0.15) is 6.92 Å². The summed E-state index contributed by atoms with van der Waals surface area (Å²) in [5.41, 5.74) is 0. The number of hydrogen-bond acceptors (Lipinski definition) is 4. The molecule has 0 radical (unpaired) electrons. The molecule has 0 aliphatic carbocycles. The predicted molar refractivity (Wildman–Crippen MR) is 82.5 cm³/mol. The molecule has 108 valence electrons. The molecule has 4 nitrogen and oxygen atoms in total. The summed E-state index contributed by atoms with van der Waals surface area (Å²) < 4.78 is 5.13. The third-order valence-electron chi connectivity index (χ3n) is 2.29. The van der Waals surface area contributed by atoms with E-state index in [4.69, 9.17) is 4.74 Å². The summed E-state index contributed by atoms with van der Waals surface area (Å²) >= 11 is 1.51. The van der Waals surface area contributed by atoms with Crippen molar-refractivity contribution in [2.24, 2.45) is 0 Å². The smallest absolute Gasteiger partial charge is 0.230 e. The topological polar surface area (TPSA) is 50.4 Å². The standard InChI is InChI=1S/C13H20N2O2S.ClH/c1-3-14-7-8-15-13(16)10-18-12-6-4-5-11(9-12)17-2;/h4-6,9,14H,3,7-8,10H2,1-2H3,(H,15,16);1H. The van der Waals surface area contributed by atoms with Crippen LogP contribution in [0.2, 0.25) is 0 Å². The monoisotopic (exact) mass is 304 g/mol. The first-order valence-electron chi connectivity index (χ1n) is 6.00. The van der Waals surface area contributed by atoms with Crippen molar-refractivity contribution in [2.45, 2.75) is 11.8 Å². The Hall–Kier alpha value is -0.910. The number of nitrogens with one attached hydrogen (secondary N) is 2. The Morgan fingerprint density at radius 3 is 2.84 bits per heavy atom. The van der Waals surface area contributed by atoms with Crippen molar-refractivity contribution in [3.63, 3.8) is 0 Å². The molecule has 2 N–H and O–H groups in total. The van der Waals surface area contributed by atoms with Gasteiger partial charge in [-0.15, -0.1) is 24.2 Å². The van der Waals surface area contributed by atoms with E-state index in [9.17, 15) is 4.79 Å². The fourth-order valence-electron chi connectivity index (χ4n) is 1.36. The van der Waals surface area contributed by atoms with Gasteiger partial charge in [-0.2, -0.15) is 0 Å². The lowest BCUT2D eigenvalue weighted by Gasteiger charge is -2.06. The molecular weight excluding hydrogens is 284 g/mol. The van der Waals surface area contributed by atoms with E-state index in [1.807, 2.05) is 31.2 Å². The van der Waals surface area contributed by atoms with Gasteiger partial charge in [0, 0.05) is 18.0 Å². The van der Waals surface area contributed by atoms with E-state index in [1.165, 1.54) is 11.8 Å². The van der Waals surface area contributed by atoms with Gasteiger partial charge >= 0.3 is 0 Å². The van der Waals surface area contributed by atoms with E-state index in [0.717, 1.165) is 23.7 Å². The molecule has 0 saturated carbocycles. The van der Waals surface area contributed by atoms with Crippen molar-refractivity contribution in [3.05, 3.63) is 24.3 Å². The summed E-state index contributed by atoms with van der Waals surface area (Å²) in [5, 5.41) is 6.02. The van der Waals surface area contributed by atoms with Crippen LogP contribution in [0.5, 0.6) is 5.75 Å². The summed E-state index contributed by atoms with van der Waals surface area (Å²) in [6.07, 6.45) is 0. The Morgan fingerprint density at radius 1 is 1.37 bits per heavy atom. The third kappa shape index (κ3) is 7.97. The van der Waals surface area contributed by atoms with E-state index in [2.05, 4.69) is 10.6 Å². The molecule has 1 aromatic rings. The van der Waals surface area contributed by atoms with Gasteiger partial charge in [0.1, 0.15) is 5.75 Å². The number of halogens is 1. The second kappa shape index (κ2) is 11.0. The van der Waals surface area contributed by atoms with Crippen LogP contribution in [-0.4, -0.2) is 38.4 Å². The Balaban J connectivity index is 0.00000324. The van der Waals surface area contributed by atoms with Gasteiger partial charge < -0.3 is 15.4 Å². The average Bonchev–Trinajstić information content (AvgIpc) is 2.41. The van der Waals surface area contributed by atoms with E-state index >= 15 is 0 Å². The van der Waals surface area contributed by atoms with Crippen LogP contribution < -0.4 is 15.4 Å². The first kappa shape index (κ1) is 18.1. The highest BCUT2D eigenvalue weighted by molar-refractivity contribution is 8.00. The second-order valence-corrected chi connectivity index (χ2v) is 4.72. The lowest BCUT2D eigenvalue weighted by Crippen LogP contribution is -2.32. The maximum atomic E-state index is 11.5. The number of benzene rings is 1. The maximum Gasteiger partial charge on any atom is 0.230 e. The van der Waals surface area contributed by atoms with Crippen LogP contribution in [0, 0.1) is 0 Å². The molecule has 0 spiro atoms. The lowest BCUT2D eigenvalue weighted by molar-refractivity contribution is -0.118. The molecule has 6 heteroatoms. The summed E-state index contributed by atoms with van der Waals surface area (Å²) in [6.45, 7) is 4.45. The highest BCUT2D eigenvalue weighted by Gasteiger charge is 2.02. The summed E-state index contributed by atoms with van der Waals surface area (Å²) in [5.74, 6) is 1.30. The van der Waals surface area contributed by atoms with Crippen LogP contribution in [0.25, 0.3) is 0 Å². The minimum Gasteiger partial charge on any atom is -0.497 e. The van der Waals surface area contributed by atoms with Crippen molar-refractivity contribution in [1.29, 1.82) is 0 Å². The van der Waals surface area contributed by atoms with Gasteiger partial charge in [-0.1, -0.05) is 13.0 Å². The van der Waals surface area contributed by atoms with Gasteiger partial charge in [-0.05, 0) is 24.7 Å². The van der Waals surface area contributed by atoms with Crippen LogP contribution in [0.3, 0.4) is 0 Å². The van der Waals surface area contributed by atoms with Crippen molar-refractivity contribution in [1.82, 2.24) is 10.6 Å². The van der Waals surface area contributed by atoms with E-state index in [-0.39, 0.29) is 18.3 Å². The zero-order chi connectivity index (χ0) is 13.2. The van der Waals surface area contributed by atoms with E-state index in [1.54, 1.807) is 7.11 Å². The number of rotatable bonds is 8. The van der Waals surface area contributed by atoms with Gasteiger partial charge in [0.2, 0.25) is 5.91 Å². The van der Waals surface area contributed by atoms with E-state index < -0.39 is 0 Å². The van der Waals surface area contributed by atoms with E-state index in [0.29, 0.717) is 12.3 Å². The molecule has 0 unspecified atom stereocenters. The number of amides is 1. The number of likely N-dealkylation sites (N-methyl/N-ethyl adjacent to an activating group) is 1. The number of methoxy groups -OCH3 is 1. The highest BCUT2D eigenvalue weighted by Crippen LogP contribution is 2.22. The van der Waals surface area contributed by atoms with Gasteiger partial charge in [0.15, 0.2) is 0 Å². The van der Waals surface area contributed by atoms with Gasteiger partial charge in [0.05, 0.1) is 12.9 Å². The summed E-state index contributed by atoms with van der Waals surface area (Å²) in [7, 11) is 1.64. The lowest BCUT2D eigenvalue weighted by atomic mass is 10.3. The Labute approximate surface area is 125 Å². The quantitative estimate of drug-likeness (QED) is 0.569. The number of ether oxygens (including phenoxy) is 1. The molecule has 0 atom stereocenters. The normalized spacial score (nSPS) is 9.58. The molecule has 1 aromatic carbocycles. The molecule has 0 heterocycles.